The van der Waals surface area contributed by atoms with Crippen molar-refractivity contribution in [2.45, 2.75) is 6.92 Å². The second-order valence-electron chi connectivity index (χ2n) is 4.75. The van der Waals surface area contributed by atoms with Gasteiger partial charge in [0.05, 0.1) is 23.2 Å². The highest BCUT2D eigenvalue weighted by Gasteiger charge is 2.15. The van der Waals surface area contributed by atoms with Gasteiger partial charge in [0.2, 0.25) is 0 Å². The van der Waals surface area contributed by atoms with Crippen LogP contribution < -0.4 is 10.1 Å². The van der Waals surface area contributed by atoms with Crippen LogP contribution in [-0.4, -0.2) is 18.0 Å². The average molecular weight is 348 g/mol. The summed E-state index contributed by atoms with van der Waals surface area (Å²) in [5.74, 6) is -0.801. The summed E-state index contributed by atoms with van der Waals surface area (Å²) in [5, 5.41) is 4.93. The van der Waals surface area contributed by atoms with Crippen LogP contribution in [0.3, 0.4) is 0 Å². The molecule has 0 atom stereocenters. The molecule has 2 aromatic heterocycles. The molecule has 23 heavy (non-hydrogen) atoms. The zero-order valence-electron chi connectivity index (χ0n) is 12.4. The van der Waals surface area contributed by atoms with E-state index in [1.807, 2.05) is 24.4 Å². The third-order valence-electron chi connectivity index (χ3n) is 3.14. The third kappa shape index (κ3) is 3.40. The molecule has 7 heteroatoms. The Morgan fingerprint density at radius 2 is 2.13 bits per heavy atom. The van der Waals surface area contributed by atoms with Gasteiger partial charge < -0.3 is 4.74 Å². The molecule has 0 fully saturated rings. The number of anilines is 1. The predicted molar refractivity (Wildman–Crippen MR) is 91.1 cm³/mol. The van der Waals surface area contributed by atoms with E-state index in [1.165, 1.54) is 35.5 Å². The molecule has 0 unspecified atom stereocenters. The fraction of sp³-hybridized carbons (Fsp3) is 0.125. The number of carbonyl (C=O) groups excluding carboxylic acids is 1. The second kappa shape index (κ2) is 6.47. The summed E-state index contributed by atoms with van der Waals surface area (Å²) in [6, 6.07) is 8.12. The molecule has 1 N–H and O–H groups in total. The van der Waals surface area contributed by atoms with Crippen LogP contribution in [0, 0.1) is 12.7 Å². The Morgan fingerprint density at radius 3 is 2.78 bits per heavy atom. The molecule has 3 aromatic rings. The largest absolute Gasteiger partial charge is 0.497 e. The molecule has 0 bridgehead atoms. The Morgan fingerprint density at radius 1 is 1.30 bits per heavy atom. The van der Waals surface area contributed by atoms with Crippen molar-refractivity contribution in [2.75, 3.05) is 12.4 Å². The van der Waals surface area contributed by atoms with Crippen molar-refractivity contribution in [3.05, 3.63) is 52.0 Å². The summed E-state index contributed by atoms with van der Waals surface area (Å²) in [6.45, 7) is 2.02. The summed E-state index contributed by atoms with van der Waals surface area (Å²) in [6.07, 6.45) is 0. The van der Waals surface area contributed by atoms with Crippen LogP contribution >= 0.6 is 22.7 Å². The topological polar surface area (TPSA) is 51.2 Å². The van der Waals surface area contributed by atoms with E-state index in [0.717, 1.165) is 10.6 Å². The Hall–Kier alpha value is -2.25. The van der Waals surface area contributed by atoms with Gasteiger partial charge >= 0.3 is 0 Å². The summed E-state index contributed by atoms with van der Waals surface area (Å²) in [7, 11) is 1.44. The normalized spacial score (nSPS) is 10.6. The van der Waals surface area contributed by atoms with Gasteiger partial charge in [-0.3, -0.25) is 10.1 Å². The number of hydrogen-bond donors (Lipinski definition) is 1. The molecular weight excluding hydrogens is 335 g/mol. The Bertz CT molecular complexity index is 857. The lowest BCUT2D eigenvalue weighted by molar-refractivity contribution is 0.102. The molecule has 1 amide bonds. The molecule has 4 nitrogen and oxygen atoms in total. The monoisotopic (exact) mass is 348 g/mol. The van der Waals surface area contributed by atoms with Crippen molar-refractivity contribution < 1.29 is 13.9 Å². The average Bonchev–Trinajstić information content (AvgIpc) is 3.15. The first kappa shape index (κ1) is 15.6. The summed E-state index contributed by atoms with van der Waals surface area (Å²) >= 11 is 2.94. The lowest BCUT2D eigenvalue weighted by Gasteiger charge is -2.05. The first-order valence-corrected chi connectivity index (χ1v) is 8.43. The molecular formula is C16H13FN2O2S2. The van der Waals surface area contributed by atoms with Gasteiger partial charge in [0, 0.05) is 16.3 Å². The minimum atomic E-state index is -0.632. The van der Waals surface area contributed by atoms with Gasteiger partial charge in [0.1, 0.15) is 11.6 Å². The fourth-order valence-corrected chi connectivity index (χ4v) is 3.60. The number of halogens is 1. The van der Waals surface area contributed by atoms with Crippen LogP contribution in [0.2, 0.25) is 0 Å². The maximum absolute atomic E-state index is 13.9. The number of nitrogens with zero attached hydrogens (tertiary/aromatic N) is 1. The van der Waals surface area contributed by atoms with Crippen LogP contribution in [-0.2, 0) is 0 Å². The van der Waals surface area contributed by atoms with Gasteiger partial charge in [-0.15, -0.1) is 22.7 Å². The van der Waals surface area contributed by atoms with Crippen LogP contribution in [0.25, 0.3) is 10.6 Å². The number of thiophene rings is 1. The molecule has 118 valence electrons. The van der Waals surface area contributed by atoms with E-state index in [-0.39, 0.29) is 5.56 Å². The van der Waals surface area contributed by atoms with Crippen molar-refractivity contribution in [2.24, 2.45) is 0 Å². The highest BCUT2D eigenvalue weighted by atomic mass is 32.1. The number of rotatable bonds is 4. The highest BCUT2D eigenvalue weighted by molar-refractivity contribution is 7.17. The second-order valence-corrected chi connectivity index (χ2v) is 6.89. The van der Waals surface area contributed by atoms with Crippen molar-refractivity contribution in [1.29, 1.82) is 0 Å². The maximum Gasteiger partial charge on any atom is 0.260 e. The van der Waals surface area contributed by atoms with Gasteiger partial charge in [0.25, 0.3) is 5.91 Å². The summed E-state index contributed by atoms with van der Waals surface area (Å²) < 4.78 is 18.8. The molecule has 0 saturated carbocycles. The van der Waals surface area contributed by atoms with Crippen molar-refractivity contribution in [3.63, 3.8) is 0 Å². The van der Waals surface area contributed by atoms with E-state index >= 15 is 0 Å². The lowest BCUT2D eigenvalue weighted by Crippen LogP contribution is -2.13. The molecule has 0 aliphatic carbocycles. The number of aromatic nitrogens is 1. The number of hydrogen-bond acceptors (Lipinski definition) is 5. The first-order valence-electron chi connectivity index (χ1n) is 6.74. The SMILES string of the molecule is COc1ccc(C(=O)Nc2nc(-c3ccc(C)s3)cs2)c(F)c1. The fourth-order valence-electron chi connectivity index (χ4n) is 1.99. The molecule has 3 rings (SSSR count). The molecule has 0 aliphatic rings. The molecule has 0 saturated heterocycles. The maximum atomic E-state index is 13.9. The minimum Gasteiger partial charge on any atom is -0.497 e. The van der Waals surface area contributed by atoms with E-state index in [1.54, 1.807) is 17.4 Å². The molecule has 1 aromatic carbocycles. The Balaban J connectivity index is 1.77. The molecule has 2 heterocycles. The number of benzene rings is 1. The van der Waals surface area contributed by atoms with Crippen molar-refractivity contribution in [3.8, 4) is 16.3 Å². The van der Waals surface area contributed by atoms with Crippen LogP contribution in [0.5, 0.6) is 5.75 Å². The number of carbonyl (C=O) groups is 1. The zero-order chi connectivity index (χ0) is 16.4. The number of ether oxygens (including phenoxy) is 1. The Kier molecular flexibility index (Phi) is 4.40. The van der Waals surface area contributed by atoms with Gasteiger partial charge in [-0.05, 0) is 31.2 Å². The van der Waals surface area contributed by atoms with Crippen molar-refractivity contribution in [1.82, 2.24) is 4.98 Å². The van der Waals surface area contributed by atoms with E-state index < -0.39 is 11.7 Å². The zero-order valence-corrected chi connectivity index (χ0v) is 14.1. The Labute approximate surface area is 140 Å². The predicted octanol–water partition coefficient (Wildman–Crippen LogP) is 4.58. The number of aryl methyl sites for hydroxylation is 1. The van der Waals surface area contributed by atoms with E-state index in [0.29, 0.717) is 10.9 Å². The highest BCUT2D eigenvalue weighted by Crippen LogP contribution is 2.30. The molecule has 0 spiro atoms. The van der Waals surface area contributed by atoms with E-state index in [9.17, 15) is 9.18 Å². The summed E-state index contributed by atoms with van der Waals surface area (Å²) in [5.41, 5.74) is 0.758. The van der Waals surface area contributed by atoms with Crippen LogP contribution in [0.15, 0.2) is 35.7 Å². The smallest absolute Gasteiger partial charge is 0.260 e. The molecule has 0 radical (unpaired) electrons. The number of thiazole rings is 1. The number of methoxy groups -OCH3 is 1. The van der Waals surface area contributed by atoms with Crippen molar-refractivity contribution >= 4 is 33.7 Å². The standard InChI is InChI=1S/C16H13FN2O2S2/c1-9-3-6-14(23-9)13-8-22-16(18-13)19-15(20)11-5-4-10(21-2)7-12(11)17/h3-8H,1-2H3,(H,18,19,20). The van der Waals surface area contributed by atoms with Gasteiger partial charge in [0.15, 0.2) is 5.13 Å². The van der Waals surface area contributed by atoms with Gasteiger partial charge in [-0.25, -0.2) is 9.37 Å². The summed E-state index contributed by atoms with van der Waals surface area (Å²) in [4.78, 5) is 18.8. The van der Waals surface area contributed by atoms with Gasteiger partial charge in [-0.2, -0.15) is 0 Å². The van der Waals surface area contributed by atoms with E-state index in [2.05, 4.69) is 10.3 Å². The first-order chi connectivity index (χ1) is 11.1. The van der Waals surface area contributed by atoms with Crippen LogP contribution in [0.1, 0.15) is 15.2 Å². The van der Waals surface area contributed by atoms with Gasteiger partial charge in [-0.1, -0.05) is 0 Å². The van der Waals surface area contributed by atoms with Crippen LogP contribution in [0.4, 0.5) is 9.52 Å². The minimum absolute atomic E-state index is 0.0467. The van der Waals surface area contributed by atoms with E-state index in [4.69, 9.17) is 4.74 Å². The quantitative estimate of drug-likeness (QED) is 0.751. The third-order valence-corrected chi connectivity index (χ3v) is 4.92. The number of amides is 1. The lowest BCUT2D eigenvalue weighted by atomic mass is 10.2. The number of nitrogens with one attached hydrogen (secondary N) is 1. The molecule has 0 aliphatic heterocycles.